The summed E-state index contributed by atoms with van der Waals surface area (Å²) in [6, 6.07) is 0. The lowest BCUT2D eigenvalue weighted by Crippen LogP contribution is -1.85. The van der Waals surface area contributed by atoms with Gasteiger partial charge in [0.05, 0.1) is 0 Å². The molecule has 0 aliphatic heterocycles. The van der Waals surface area contributed by atoms with Crippen molar-refractivity contribution in [3.8, 4) is 0 Å². The van der Waals surface area contributed by atoms with Crippen LogP contribution in [-0.4, -0.2) is 11.5 Å². The molecule has 0 bridgehead atoms. The van der Waals surface area contributed by atoms with Gasteiger partial charge in [0.15, 0.2) is 0 Å². The van der Waals surface area contributed by atoms with Crippen molar-refractivity contribution in [3.63, 3.8) is 0 Å². The molecule has 0 nitrogen and oxygen atoms in total. The average Bonchev–Trinajstić information content (AvgIpc) is 2.21. The minimum Gasteiger partial charge on any atom is -0.162 e. The Morgan fingerprint density at radius 1 is 0.786 bits per heavy atom. The van der Waals surface area contributed by atoms with E-state index in [0.717, 1.165) is 6.42 Å². The summed E-state index contributed by atoms with van der Waals surface area (Å²) in [6.07, 6.45) is 12.3. The number of unbranched alkanes of at least 4 members (excludes halogenated alkanes) is 7. The summed E-state index contributed by atoms with van der Waals surface area (Å²) in [5.41, 5.74) is 0. The first-order valence-electron chi connectivity index (χ1n) is 6.28. The summed E-state index contributed by atoms with van der Waals surface area (Å²) in [4.78, 5) is 0. The van der Waals surface area contributed by atoms with Crippen molar-refractivity contribution in [2.45, 2.75) is 64.7 Å². The van der Waals surface area contributed by atoms with E-state index >= 15 is 0 Å². The molecule has 85 valence electrons. The van der Waals surface area contributed by atoms with E-state index in [4.69, 9.17) is 0 Å². The summed E-state index contributed by atoms with van der Waals surface area (Å²) < 4.78 is 0. The van der Waals surface area contributed by atoms with Gasteiger partial charge in [-0.1, -0.05) is 58.8 Å². The van der Waals surface area contributed by atoms with Gasteiger partial charge >= 0.3 is 0 Å². The van der Waals surface area contributed by atoms with E-state index in [9.17, 15) is 0 Å². The second kappa shape index (κ2) is 13.4. The zero-order chi connectivity index (χ0) is 10.5. The number of thioether (sulfide) groups is 1. The quantitative estimate of drug-likeness (QED) is 0.433. The molecule has 0 aliphatic rings. The standard InChI is InChI=1S/C13H27S/c1-3-5-7-8-9-10-11-13-14-12-6-4-2/h1,3-13H2,2H3. The topological polar surface area (TPSA) is 0 Å². The van der Waals surface area contributed by atoms with Gasteiger partial charge in [0.25, 0.3) is 0 Å². The number of hydrogen-bond donors (Lipinski definition) is 0. The zero-order valence-corrected chi connectivity index (χ0v) is 10.7. The van der Waals surface area contributed by atoms with Crippen molar-refractivity contribution < 1.29 is 0 Å². The van der Waals surface area contributed by atoms with Crippen LogP contribution in [0.2, 0.25) is 0 Å². The van der Waals surface area contributed by atoms with Gasteiger partial charge in [-0.25, -0.2) is 0 Å². The molecule has 0 heterocycles. The Labute approximate surface area is 95.2 Å². The van der Waals surface area contributed by atoms with E-state index < -0.39 is 0 Å². The first kappa shape index (κ1) is 14.3. The fourth-order valence-electron chi connectivity index (χ4n) is 1.44. The third-order valence-corrected chi connectivity index (χ3v) is 3.59. The van der Waals surface area contributed by atoms with Crippen molar-refractivity contribution in [1.29, 1.82) is 0 Å². The predicted octanol–water partition coefficient (Wildman–Crippen LogP) is 5.08. The molecule has 0 amide bonds. The fraction of sp³-hybridized carbons (Fsp3) is 0.923. The van der Waals surface area contributed by atoms with E-state index in [1.165, 1.54) is 62.9 Å². The van der Waals surface area contributed by atoms with Crippen molar-refractivity contribution in [3.05, 3.63) is 6.92 Å². The molecule has 0 atom stereocenters. The average molecular weight is 215 g/mol. The molecule has 1 heteroatoms. The van der Waals surface area contributed by atoms with Gasteiger partial charge in [0.1, 0.15) is 0 Å². The lowest BCUT2D eigenvalue weighted by molar-refractivity contribution is 0.612. The maximum Gasteiger partial charge on any atom is -0.00675 e. The van der Waals surface area contributed by atoms with Crippen molar-refractivity contribution in [2.24, 2.45) is 0 Å². The molecule has 1 radical (unpaired) electrons. The van der Waals surface area contributed by atoms with Crippen LogP contribution in [0.4, 0.5) is 0 Å². The lowest BCUT2D eigenvalue weighted by Gasteiger charge is -2.01. The van der Waals surface area contributed by atoms with Gasteiger partial charge in [-0.15, -0.1) is 0 Å². The third kappa shape index (κ3) is 12.3. The Morgan fingerprint density at radius 3 is 2.00 bits per heavy atom. The fourth-order valence-corrected chi connectivity index (χ4v) is 2.54. The Bertz CT molecular complexity index is 79.2. The lowest BCUT2D eigenvalue weighted by atomic mass is 10.1. The van der Waals surface area contributed by atoms with Gasteiger partial charge in [-0.05, 0) is 24.3 Å². The summed E-state index contributed by atoms with van der Waals surface area (Å²) in [6.45, 7) is 6.13. The zero-order valence-electron chi connectivity index (χ0n) is 9.89. The van der Waals surface area contributed by atoms with E-state index in [2.05, 4.69) is 25.6 Å². The predicted molar refractivity (Wildman–Crippen MR) is 69.9 cm³/mol. The van der Waals surface area contributed by atoms with E-state index in [0.29, 0.717) is 0 Å². The first-order chi connectivity index (χ1) is 6.91. The van der Waals surface area contributed by atoms with Crippen molar-refractivity contribution in [1.82, 2.24) is 0 Å². The highest BCUT2D eigenvalue weighted by Gasteiger charge is 1.91. The van der Waals surface area contributed by atoms with Gasteiger partial charge in [0, 0.05) is 0 Å². The molecule has 0 aromatic rings. The summed E-state index contributed by atoms with van der Waals surface area (Å²) in [5.74, 6) is 2.76. The molecule has 0 spiro atoms. The molecule has 0 saturated carbocycles. The molecule has 0 saturated heterocycles. The third-order valence-electron chi connectivity index (χ3n) is 2.43. The normalized spacial score (nSPS) is 10.7. The maximum absolute atomic E-state index is 3.86. The van der Waals surface area contributed by atoms with Gasteiger partial charge in [-0.2, -0.15) is 11.8 Å². The molecule has 0 fully saturated rings. The largest absolute Gasteiger partial charge is 0.162 e. The summed E-state index contributed by atoms with van der Waals surface area (Å²) in [7, 11) is 0. The van der Waals surface area contributed by atoms with Gasteiger partial charge < -0.3 is 0 Å². The van der Waals surface area contributed by atoms with Crippen LogP contribution in [0.3, 0.4) is 0 Å². The van der Waals surface area contributed by atoms with Crippen molar-refractivity contribution in [2.75, 3.05) is 11.5 Å². The van der Waals surface area contributed by atoms with Crippen LogP contribution < -0.4 is 0 Å². The Balaban J connectivity index is 2.78. The molecule has 0 unspecified atom stereocenters. The van der Waals surface area contributed by atoms with E-state index in [1.54, 1.807) is 0 Å². The highest BCUT2D eigenvalue weighted by atomic mass is 32.2. The molecule has 0 aliphatic carbocycles. The van der Waals surface area contributed by atoms with Gasteiger partial charge in [0.2, 0.25) is 0 Å². The molecule has 0 rings (SSSR count). The van der Waals surface area contributed by atoms with E-state index in [1.807, 2.05) is 0 Å². The smallest absolute Gasteiger partial charge is 0.00675 e. The SMILES string of the molecule is [CH2]CCCCCCCCSCCCC. The number of hydrogen-bond acceptors (Lipinski definition) is 1. The maximum atomic E-state index is 3.86. The van der Waals surface area contributed by atoms with Crippen molar-refractivity contribution >= 4 is 11.8 Å². The minimum absolute atomic E-state index is 1.12. The monoisotopic (exact) mass is 215 g/mol. The van der Waals surface area contributed by atoms with Crippen LogP contribution in [0.5, 0.6) is 0 Å². The Kier molecular flexibility index (Phi) is 13.7. The van der Waals surface area contributed by atoms with Crippen LogP contribution in [-0.2, 0) is 0 Å². The minimum atomic E-state index is 1.12. The highest BCUT2D eigenvalue weighted by Crippen LogP contribution is 2.11. The van der Waals surface area contributed by atoms with Crippen LogP contribution in [0.15, 0.2) is 0 Å². The molecular weight excluding hydrogens is 188 g/mol. The summed E-state index contributed by atoms with van der Waals surface area (Å²) in [5, 5.41) is 0. The van der Waals surface area contributed by atoms with Crippen LogP contribution in [0.25, 0.3) is 0 Å². The van der Waals surface area contributed by atoms with Crippen LogP contribution >= 0.6 is 11.8 Å². The van der Waals surface area contributed by atoms with E-state index in [-0.39, 0.29) is 0 Å². The summed E-state index contributed by atoms with van der Waals surface area (Å²) >= 11 is 2.14. The molecular formula is C13H27S. The Morgan fingerprint density at radius 2 is 1.36 bits per heavy atom. The highest BCUT2D eigenvalue weighted by molar-refractivity contribution is 7.99. The van der Waals surface area contributed by atoms with Gasteiger partial charge in [-0.3, -0.25) is 0 Å². The molecule has 0 N–H and O–H groups in total. The molecule has 14 heavy (non-hydrogen) atoms. The second-order valence-electron chi connectivity index (χ2n) is 3.94. The second-order valence-corrected chi connectivity index (χ2v) is 5.17. The Hall–Kier alpha value is 0.350. The molecule has 0 aromatic carbocycles. The van der Waals surface area contributed by atoms with Crippen LogP contribution in [0.1, 0.15) is 64.7 Å². The molecule has 0 aromatic heterocycles. The number of rotatable bonds is 11. The van der Waals surface area contributed by atoms with Crippen LogP contribution in [0, 0.1) is 6.92 Å². The first-order valence-corrected chi connectivity index (χ1v) is 7.44.